The Labute approximate surface area is 195 Å². The Kier molecular flexibility index (Phi) is 6.16. The maximum atomic E-state index is 6.17. The highest BCUT2D eigenvalue weighted by atomic mass is 35.5. The van der Waals surface area contributed by atoms with Crippen LogP contribution in [0.3, 0.4) is 0 Å². The number of aliphatic imine (C=N–C) groups is 1. The third-order valence-electron chi connectivity index (χ3n) is 6.24. The van der Waals surface area contributed by atoms with Gasteiger partial charge in [0, 0.05) is 36.1 Å². The molecule has 0 aliphatic carbocycles. The van der Waals surface area contributed by atoms with E-state index in [-0.39, 0.29) is 5.54 Å². The van der Waals surface area contributed by atoms with Crippen molar-refractivity contribution in [2.75, 3.05) is 19.1 Å². The highest BCUT2D eigenvalue weighted by Crippen LogP contribution is 2.44. The zero-order valence-corrected chi connectivity index (χ0v) is 20.0. The summed E-state index contributed by atoms with van der Waals surface area (Å²) in [7, 11) is 3.86. The topological polar surface area (TPSA) is 34.1 Å². The maximum absolute atomic E-state index is 6.17. The quantitative estimate of drug-likeness (QED) is 0.376. The third-order valence-corrected chi connectivity index (χ3v) is 6.55. The number of anilines is 1. The number of nitrogens with zero attached hydrogens (tertiary/aromatic N) is 2. The lowest BCUT2D eigenvalue weighted by atomic mass is 9.80. The molecule has 1 aliphatic heterocycles. The first-order valence-electron chi connectivity index (χ1n) is 10.8. The van der Waals surface area contributed by atoms with Gasteiger partial charge in [-0.3, -0.25) is 4.99 Å². The van der Waals surface area contributed by atoms with E-state index in [0.29, 0.717) is 22.4 Å². The number of ether oxygens (including phenoxy) is 2. The third kappa shape index (κ3) is 4.46. The van der Waals surface area contributed by atoms with Crippen molar-refractivity contribution in [2.45, 2.75) is 38.6 Å². The fourth-order valence-corrected chi connectivity index (χ4v) is 4.46. The monoisotopic (exact) mass is 448 g/mol. The number of benzene rings is 3. The van der Waals surface area contributed by atoms with Crippen LogP contribution in [0, 0.1) is 0 Å². The van der Waals surface area contributed by atoms with E-state index in [1.165, 1.54) is 11.3 Å². The second-order valence-corrected chi connectivity index (χ2v) is 9.32. The summed E-state index contributed by atoms with van der Waals surface area (Å²) in [6.07, 6.45) is 2.97. The van der Waals surface area contributed by atoms with Gasteiger partial charge >= 0.3 is 0 Å². The SMILES string of the molecule is COc1cc2c(cc1C=Nc1ccc(Oc3ccccc3Cl)cc1)C(C)CC(C)(C)N2C. The van der Waals surface area contributed by atoms with Crippen LogP contribution in [0.2, 0.25) is 5.02 Å². The Morgan fingerprint density at radius 2 is 1.78 bits per heavy atom. The number of hydrogen-bond acceptors (Lipinski definition) is 4. The number of para-hydroxylation sites is 1. The van der Waals surface area contributed by atoms with Gasteiger partial charge in [-0.1, -0.05) is 30.7 Å². The number of fused-ring (bicyclic) bond motifs is 1. The molecular formula is C27H29ClN2O2. The van der Waals surface area contributed by atoms with Gasteiger partial charge in [-0.15, -0.1) is 0 Å². The highest BCUT2D eigenvalue weighted by molar-refractivity contribution is 6.32. The van der Waals surface area contributed by atoms with E-state index in [4.69, 9.17) is 21.1 Å². The Hall–Kier alpha value is -2.98. The summed E-state index contributed by atoms with van der Waals surface area (Å²) in [5, 5.41) is 0.581. The second kappa shape index (κ2) is 8.87. The van der Waals surface area contributed by atoms with E-state index in [1.54, 1.807) is 13.2 Å². The van der Waals surface area contributed by atoms with E-state index >= 15 is 0 Å². The van der Waals surface area contributed by atoms with Crippen molar-refractivity contribution in [3.63, 3.8) is 0 Å². The molecule has 1 atom stereocenters. The van der Waals surface area contributed by atoms with Crippen LogP contribution in [0.25, 0.3) is 0 Å². The van der Waals surface area contributed by atoms with Crippen LogP contribution in [-0.4, -0.2) is 25.9 Å². The van der Waals surface area contributed by atoms with Crippen LogP contribution in [0.1, 0.15) is 44.2 Å². The summed E-state index contributed by atoms with van der Waals surface area (Å²) >= 11 is 6.17. The fourth-order valence-electron chi connectivity index (χ4n) is 4.29. The Morgan fingerprint density at radius 1 is 1.06 bits per heavy atom. The number of rotatable bonds is 5. The average molecular weight is 449 g/mol. The second-order valence-electron chi connectivity index (χ2n) is 8.91. The van der Waals surface area contributed by atoms with E-state index in [9.17, 15) is 0 Å². The molecule has 3 aromatic rings. The van der Waals surface area contributed by atoms with Crippen molar-refractivity contribution in [3.05, 3.63) is 76.8 Å². The minimum atomic E-state index is 0.112. The molecule has 0 radical (unpaired) electrons. The van der Waals surface area contributed by atoms with Gasteiger partial charge in [-0.2, -0.15) is 0 Å². The normalized spacial score (nSPS) is 17.3. The Balaban J connectivity index is 1.57. The molecule has 1 unspecified atom stereocenters. The molecule has 0 saturated carbocycles. The van der Waals surface area contributed by atoms with Gasteiger partial charge in [0.1, 0.15) is 17.2 Å². The highest BCUT2D eigenvalue weighted by Gasteiger charge is 2.34. The van der Waals surface area contributed by atoms with Crippen LogP contribution in [0.4, 0.5) is 11.4 Å². The van der Waals surface area contributed by atoms with Gasteiger partial charge in [0.15, 0.2) is 0 Å². The minimum absolute atomic E-state index is 0.112. The van der Waals surface area contributed by atoms with Gasteiger partial charge in [-0.25, -0.2) is 0 Å². The van der Waals surface area contributed by atoms with Crippen molar-refractivity contribution in [1.29, 1.82) is 0 Å². The van der Waals surface area contributed by atoms with Crippen LogP contribution in [0.15, 0.2) is 65.7 Å². The molecule has 0 N–H and O–H groups in total. The molecule has 4 rings (SSSR count). The van der Waals surface area contributed by atoms with Crippen molar-refractivity contribution < 1.29 is 9.47 Å². The molecule has 1 aliphatic rings. The van der Waals surface area contributed by atoms with Crippen molar-refractivity contribution in [3.8, 4) is 17.2 Å². The molecule has 0 fully saturated rings. The first-order chi connectivity index (χ1) is 15.3. The fraction of sp³-hybridized carbons (Fsp3) is 0.296. The van der Waals surface area contributed by atoms with Crippen LogP contribution >= 0.6 is 11.6 Å². The summed E-state index contributed by atoms with van der Waals surface area (Å²) < 4.78 is 11.6. The predicted octanol–water partition coefficient (Wildman–Crippen LogP) is 7.61. The first kappa shape index (κ1) is 22.2. The number of hydrogen-bond donors (Lipinski definition) is 0. The van der Waals surface area contributed by atoms with Crippen LogP contribution in [-0.2, 0) is 0 Å². The zero-order chi connectivity index (χ0) is 22.9. The van der Waals surface area contributed by atoms with E-state index in [2.05, 4.69) is 49.8 Å². The lowest BCUT2D eigenvalue weighted by Gasteiger charge is -2.45. The van der Waals surface area contributed by atoms with Gasteiger partial charge in [-0.05, 0) is 74.2 Å². The molecule has 0 bridgehead atoms. The molecule has 0 spiro atoms. The smallest absolute Gasteiger partial charge is 0.146 e. The van der Waals surface area contributed by atoms with E-state index in [0.717, 1.165) is 23.4 Å². The zero-order valence-electron chi connectivity index (χ0n) is 19.2. The summed E-state index contributed by atoms with van der Waals surface area (Å²) in [6, 6.07) is 19.4. The Bertz CT molecular complexity index is 1140. The summed E-state index contributed by atoms with van der Waals surface area (Å²) in [5.41, 5.74) is 4.48. The molecule has 1 heterocycles. The molecule has 32 heavy (non-hydrogen) atoms. The van der Waals surface area contributed by atoms with Gasteiger partial charge in [0.25, 0.3) is 0 Å². The van der Waals surface area contributed by atoms with Crippen molar-refractivity contribution in [2.24, 2.45) is 4.99 Å². The van der Waals surface area contributed by atoms with Gasteiger partial charge < -0.3 is 14.4 Å². The van der Waals surface area contributed by atoms with E-state index < -0.39 is 0 Å². The molecule has 0 amide bonds. The summed E-state index contributed by atoms with van der Waals surface area (Å²) in [6.45, 7) is 6.86. The lowest BCUT2D eigenvalue weighted by Crippen LogP contribution is -2.45. The molecular weight excluding hydrogens is 420 g/mol. The van der Waals surface area contributed by atoms with Gasteiger partial charge in [0.2, 0.25) is 0 Å². The molecule has 0 aromatic heterocycles. The maximum Gasteiger partial charge on any atom is 0.146 e. The van der Waals surface area contributed by atoms with E-state index in [1.807, 2.05) is 48.7 Å². The predicted molar refractivity (Wildman–Crippen MR) is 134 cm³/mol. The molecule has 3 aromatic carbocycles. The largest absolute Gasteiger partial charge is 0.496 e. The van der Waals surface area contributed by atoms with Crippen LogP contribution < -0.4 is 14.4 Å². The molecule has 5 heteroatoms. The molecule has 166 valence electrons. The van der Waals surface area contributed by atoms with Crippen LogP contribution in [0.5, 0.6) is 17.2 Å². The Morgan fingerprint density at radius 3 is 2.47 bits per heavy atom. The van der Waals surface area contributed by atoms with Crippen molar-refractivity contribution >= 4 is 29.2 Å². The standard InChI is InChI=1S/C27H29ClN2O2/c1-18-16-27(2,3)30(4)24-15-26(31-5)19(14-22(18)24)17-29-20-10-12-21(13-11-20)32-25-9-7-6-8-23(25)28/h6-15,17-18H,16H2,1-5H3. The number of halogens is 1. The molecule has 0 saturated heterocycles. The summed E-state index contributed by atoms with van der Waals surface area (Å²) in [5.74, 6) is 2.63. The average Bonchev–Trinajstić information content (AvgIpc) is 2.78. The molecule has 4 nitrogen and oxygen atoms in total. The summed E-state index contributed by atoms with van der Waals surface area (Å²) in [4.78, 5) is 7.02. The number of methoxy groups -OCH3 is 1. The minimum Gasteiger partial charge on any atom is -0.496 e. The first-order valence-corrected chi connectivity index (χ1v) is 11.2. The van der Waals surface area contributed by atoms with Gasteiger partial charge in [0.05, 0.1) is 17.8 Å². The van der Waals surface area contributed by atoms with Crippen molar-refractivity contribution in [1.82, 2.24) is 0 Å². The lowest BCUT2D eigenvalue weighted by molar-refractivity contribution is 0.389.